The Bertz CT molecular complexity index is 481. The lowest BCUT2D eigenvalue weighted by Crippen LogP contribution is -2.50. The van der Waals surface area contributed by atoms with Crippen LogP contribution in [-0.2, 0) is 19.4 Å². The highest BCUT2D eigenvalue weighted by Crippen LogP contribution is 2.22. The number of aliphatic carboxylic acids is 1. The first-order chi connectivity index (χ1) is 9.04. The fraction of sp³-hybridized carbons (Fsp3) is 0.833. The molecule has 116 valence electrons. The van der Waals surface area contributed by atoms with E-state index in [1.54, 1.807) is 32.5 Å². The zero-order valence-corrected chi connectivity index (χ0v) is 13.6. The van der Waals surface area contributed by atoms with E-state index in [4.69, 9.17) is 5.11 Å². The third-order valence-corrected chi connectivity index (χ3v) is 6.79. The lowest BCUT2D eigenvalue weighted by atomic mass is 10.2. The molecule has 1 atom stereocenters. The Labute approximate surface area is 123 Å². The number of carbonyl (C=O) groups is 2. The number of hydrogen-bond acceptors (Lipinski definition) is 5. The first-order valence-electron chi connectivity index (χ1n) is 6.36. The summed E-state index contributed by atoms with van der Waals surface area (Å²) in [6.45, 7) is 5.06. The zero-order chi connectivity index (χ0) is 15.6. The fourth-order valence-electron chi connectivity index (χ4n) is 1.82. The van der Waals surface area contributed by atoms with Crippen LogP contribution < -0.4 is 0 Å². The molecule has 0 saturated carbocycles. The molecular weight excluding hydrogens is 302 g/mol. The van der Waals surface area contributed by atoms with Gasteiger partial charge in [-0.05, 0) is 20.8 Å². The molecule has 1 saturated heterocycles. The molecular formula is C12H21NO5S2. The Hall–Kier alpha value is -0.760. The molecule has 0 aromatic rings. The summed E-state index contributed by atoms with van der Waals surface area (Å²) in [7, 11) is -3.54. The Morgan fingerprint density at radius 1 is 1.35 bits per heavy atom. The highest BCUT2D eigenvalue weighted by Gasteiger charge is 2.36. The standard InChI is InChI=1S/C12H21NO5S2/c1-12(2,3)20(17,18)8-10(14)13-4-5-19-7-9(13)6-11(15)16/h9H,4-8H2,1-3H3,(H,15,16). The molecule has 0 spiro atoms. The number of hydrogen-bond donors (Lipinski definition) is 1. The number of thioether (sulfide) groups is 1. The second-order valence-corrected chi connectivity index (χ2v) is 9.68. The van der Waals surface area contributed by atoms with E-state index < -0.39 is 38.3 Å². The second-order valence-electron chi connectivity index (χ2n) is 5.79. The van der Waals surface area contributed by atoms with Crippen LogP contribution in [0.5, 0.6) is 0 Å². The number of carbonyl (C=O) groups excluding carboxylic acids is 1. The molecule has 0 aromatic carbocycles. The zero-order valence-electron chi connectivity index (χ0n) is 12.0. The highest BCUT2D eigenvalue weighted by atomic mass is 32.2. The molecule has 1 aliphatic rings. The SMILES string of the molecule is CC(C)(C)S(=O)(=O)CC(=O)N1CCSCC1CC(=O)O. The largest absolute Gasteiger partial charge is 0.481 e. The van der Waals surface area contributed by atoms with Crippen LogP contribution in [0.15, 0.2) is 0 Å². The normalized spacial score (nSPS) is 20.8. The lowest BCUT2D eigenvalue weighted by Gasteiger charge is -2.35. The van der Waals surface area contributed by atoms with Crippen molar-refractivity contribution in [1.29, 1.82) is 0 Å². The summed E-state index contributed by atoms with van der Waals surface area (Å²) >= 11 is 1.58. The molecule has 6 nitrogen and oxygen atoms in total. The Morgan fingerprint density at radius 3 is 2.45 bits per heavy atom. The predicted molar refractivity (Wildman–Crippen MR) is 78.6 cm³/mol. The molecule has 1 heterocycles. The smallest absolute Gasteiger partial charge is 0.305 e. The van der Waals surface area contributed by atoms with E-state index in [0.717, 1.165) is 0 Å². The van der Waals surface area contributed by atoms with Crippen molar-refractivity contribution in [3.63, 3.8) is 0 Å². The molecule has 1 unspecified atom stereocenters. The van der Waals surface area contributed by atoms with Gasteiger partial charge in [0.2, 0.25) is 5.91 Å². The van der Waals surface area contributed by atoms with Crippen molar-refractivity contribution in [2.75, 3.05) is 23.8 Å². The van der Waals surface area contributed by atoms with Crippen molar-refractivity contribution in [1.82, 2.24) is 4.90 Å². The maximum Gasteiger partial charge on any atom is 0.305 e. The van der Waals surface area contributed by atoms with Gasteiger partial charge in [-0.25, -0.2) is 8.42 Å². The topological polar surface area (TPSA) is 91.8 Å². The molecule has 0 aliphatic carbocycles. The molecule has 20 heavy (non-hydrogen) atoms. The highest BCUT2D eigenvalue weighted by molar-refractivity contribution is 7.99. The van der Waals surface area contributed by atoms with Gasteiger partial charge in [0.15, 0.2) is 9.84 Å². The quantitative estimate of drug-likeness (QED) is 0.815. The summed E-state index contributed by atoms with van der Waals surface area (Å²) in [5.41, 5.74) is 0. The Morgan fingerprint density at radius 2 is 1.95 bits per heavy atom. The Kier molecular flexibility index (Phi) is 5.48. The van der Waals surface area contributed by atoms with Crippen LogP contribution in [0.3, 0.4) is 0 Å². The average molecular weight is 323 g/mol. The summed E-state index contributed by atoms with van der Waals surface area (Å²) in [6.07, 6.45) is -0.145. The van der Waals surface area contributed by atoms with E-state index in [-0.39, 0.29) is 6.42 Å². The van der Waals surface area contributed by atoms with Crippen molar-refractivity contribution in [2.24, 2.45) is 0 Å². The van der Waals surface area contributed by atoms with Gasteiger partial charge in [-0.1, -0.05) is 0 Å². The van der Waals surface area contributed by atoms with Crippen LogP contribution in [0.1, 0.15) is 27.2 Å². The first-order valence-corrected chi connectivity index (χ1v) is 9.16. The Balaban J connectivity index is 2.81. The maximum absolute atomic E-state index is 12.2. The molecule has 1 fully saturated rings. The lowest BCUT2D eigenvalue weighted by molar-refractivity contribution is -0.139. The van der Waals surface area contributed by atoms with E-state index >= 15 is 0 Å². The summed E-state index contributed by atoms with van der Waals surface area (Å²) in [5.74, 6) is -0.789. The third kappa shape index (κ3) is 4.37. The van der Waals surface area contributed by atoms with Gasteiger partial charge in [-0.3, -0.25) is 9.59 Å². The number of amides is 1. The molecule has 1 amide bonds. The molecule has 8 heteroatoms. The number of rotatable bonds is 4. The molecule has 1 rings (SSSR count). The minimum Gasteiger partial charge on any atom is -0.481 e. The van der Waals surface area contributed by atoms with Gasteiger partial charge >= 0.3 is 5.97 Å². The summed E-state index contributed by atoms with van der Waals surface area (Å²) in [6, 6.07) is -0.422. The van der Waals surface area contributed by atoms with Crippen LogP contribution in [0.2, 0.25) is 0 Å². The van der Waals surface area contributed by atoms with Crippen molar-refractivity contribution in [3.05, 3.63) is 0 Å². The minimum atomic E-state index is -3.54. The van der Waals surface area contributed by atoms with Crippen molar-refractivity contribution in [2.45, 2.75) is 38.0 Å². The van der Waals surface area contributed by atoms with Gasteiger partial charge in [-0.2, -0.15) is 11.8 Å². The van der Waals surface area contributed by atoms with Crippen LogP contribution in [-0.4, -0.2) is 64.9 Å². The predicted octanol–water partition coefficient (Wildman–Crippen LogP) is 0.618. The molecule has 1 N–H and O–H groups in total. The second kappa shape index (κ2) is 6.34. The number of sulfone groups is 1. The van der Waals surface area contributed by atoms with E-state index in [2.05, 4.69) is 0 Å². The minimum absolute atomic E-state index is 0.145. The van der Waals surface area contributed by atoms with Gasteiger partial charge in [-0.15, -0.1) is 0 Å². The van der Waals surface area contributed by atoms with Crippen molar-refractivity contribution in [3.8, 4) is 0 Å². The van der Waals surface area contributed by atoms with Gasteiger partial charge in [0.05, 0.1) is 17.2 Å². The number of carboxylic acids is 1. The summed E-state index contributed by atoms with van der Waals surface area (Å²) in [5, 5.41) is 8.86. The van der Waals surface area contributed by atoms with Gasteiger partial charge < -0.3 is 10.0 Å². The van der Waals surface area contributed by atoms with Gasteiger partial charge in [0.1, 0.15) is 5.75 Å². The molecule has 0 radical (unpaired) electrons. The third-order valence-electron chi connectivity index (χ3n) is 3.20. The van der Waals surface area contributed by atoms with Crippen molar-refractivity contribution < 1.29 is 23.1 Å². The van der Waals surface area contributed by atoms with Gasteiger partial charge in [0, 0.05) is 18.1 Å². The molecule has 0 bridgehead atoms. The number of carboxylic acid groups (broad SMARTS) is 1. The van der Waals surface area contributed by atoms with E-state index in [1.165, 1.54) is 4.90 Å². The number of nitrogens with zero attached hydrogens (tertiary/aromatic N) is 1. The molecule has 0 aromatic heterocycles. The van der Waals surface area contributed by atoms with E-state index in [1.807, 2.05) is 0 Å². The van der Waals surface area contributed by atoms with Crippen LogP contribution in [0, 0.1) is 0 Å². The van der Waals surface area contributed by atoms with Crippen LogP contribution >= 0.6 is 11.8 Å². The molecule has 1 aliphatic heterocycles. The van der Waals surface area contributed by atoms with E-state index in [0.29, 0.717) is 18.1 Å². The van der Waals surface area contributed by atoms with Gasteiger partial charge in [0.25, 0.3) is 0 Å². The average Bonchev–Trinajstić information content (AvgIpc) is 2.26. The first kappa shape index (κ1) is 17.3. The van der Waals surface area contributed by atoms with Crippen molar-refractivity contribution >= 4 is 33.5 Å². The maximum atomic E-state index is 12.2. The van der Waals surface area contributed by atoms with Crippen LogP contribution in [0.25, 0.3) is 0 Å². The fourth-order valence-corrected chi connectivity index (χ4v) is 3.80. The summed E-state index contributed by atoms with van der Waals surface area (Å²) in [4.78, 5) is 24.4. The summed E-state index contributed by atoms with van der Waals surface area (Å²) < 4.78 is 23.1. The van der Waals surface area contributed by atoms with E-state index in [9.17, 15) is 18.0 Å². The van der Waals surface area contributed by atoms with Crippen LogP contribution in [0.4, 0.5) is 0 Å². The monoisotopic (exact) mass is 323 g/mol.